The maximum absolute atomic E-state index is 12.4. The maximum atomic E-state index is 12.4. The molecule has 1 fully saturated rings. The summed E-state index contributed by atoms with van der Waals surface area (Å²) in [7, 11) is 3.96. The molecule has 5 nitrogen and oxygen atoms in total. The summed E-state index contributed by atoms with van der Waals surface area (Å²) in [5, 5.41) is 3.73. The van der Waals surface area contributed by atoms with Gasteiger partial charge in [0.15, 0.2) is 0 Å². The van der Waals surface area contributed by atoms with Gasteiger partial charge in [0.25, 0.3) is 5.91 Å². The molecule has 1 amide bonds. The number of benzene rings is 1. The first-order valence-electron chi connectivity index (χ1n) is 8.88. The molecule has 26 heavy (non-hydrogen) atoms. The van der Waals surface area contributed by atoms with Gasteiger partial charge in [-0.3, -0.25) is 4.79 Å². The van der Waals surface area contributed by atoms with Gasteiger partial charge in [-0.15, -0.1) is 0 Å². The minimum Gasteiger partial charge on any atom is -0.474 e. The maximum Gasteiger partial charge on any atom is 0.251 e. The quantitative estimate of drug-likeness (QED) is 0.863. The number of carbonyl (C=O) groups is 1. The lowest BCUT2D eigenvalue weighted by Gasteiger charge is -2.29. The number of rotatable bonds is 5. The first kappa shape index (κ1) is 18.5. The molecule has 0 spiro atoms. The van der Waals surface area contributed by atoms with Gasteiger partial charge in [0.05, 0.1) is 5.02 Å². The average molecular weight is 374 g/mol. The summed E-state index contributed by atoms with van der Waals surface area (Å²) in [6.07, 6.45) is 5.32. The van der Waals surface area contributed by atoms with E-state index < -0.39 is 0 Å². The van der Waals surface area contributed by atoms with E-state index in [0.717, 1.165) is 31.4 Å². The Balaban J connectivity index is 1.47. The van der Waals surface area contributed by atoms with E-state index in [9.17, 15) is 4.79 Å². The van der Waals surface area contributed by atoms with Gasteiger partial charge in [0, 0.05) is 43.7 Å². The number of nitrogens with one attached hydrogen (secondary N) is 1. The van der Waals surface area contributed by atoms with Crippen molar-refractivity contribution in [3.05, 3.63) is 53.2 Å². The molecule has 0 bridgehead atoms. The first-order chi connectivity index (χ1) is 12.5. The molecule has 1 aromatic carbocycles. The highest BCUT2D eigenvalue weighted by Crippen LogP contribution is 2.24. The second-order valence-corrected chi connectivity index (χ2v) is 7.26. The van der Waals surface area contributed by atoms with Crippen LogP contribution in [-0.4, -0.2) is 37.1 Å². The van der Waals surface area contributed by atoms with E-state index in [1.165, 1.54) is 0 Å². The van der Waals surface area contributed by atoms with Crippen molar-refractivity contribution >= 4 is 23.2 Å². The SMILES string of the molecule is CN(C)c1ccc(C(=O)NC2CCC(Oc3ccc(Cl)cn3)CC2)cc1. The Morgan fingerprint density at radius 3 is 2.38 bits per heavy atom. The van der Waals surface area contributed by atoms with Gasteiger partial charge in [-0.25, -0.2) is 4.98 Å². The van der Waals surface area contributed by atoms with Crippen molar-refractivity contribution < 1.29 is 9.53 Å². The Bertz CT molecular complexity index is 724. The average Bonchev–Trinajstić information content (AvgIpc) is 2.65. The van der Waals surface area contributed by atoms with Gasteiger partial charge in [-0.1, -0.05) is 11.6 Å². The molecule has 1 aliphatic carbocycles. The minimum atomic E-state index is -0.0148. The second-order valence-electron chi connectivity index (χ2n) is 6.82. The first-order valence-corrected chi connectivity index (χ1v) is 9.25. The van der Waals surface area contributed by atoms with Crippen molar-refractivity contribution in [3.8, 4) is 5.88 Å². The Morgan fingerprint density at radius 2 is 1.81 bits per heavy atom. The number of pyridine rings is 1. The standard InChI is InChI=1S/C20H24ClN3O2/c1-24(2)17-8-3-14(4-9-17)20(25)23-16-6-10-18(11-7-16)26-19-12-5-15(21)13-22-19/h3-5,8-9,12-13,16,18H,6-7,10-11H2,1-2H3,(H,23,25). The zero-order valence-corrected chi connectivity index (χ0v) is 15.9. The number of nitrogens with zero attached hydrogens (tertiary/aromatic N) is 2. The summed E-state index contributed by atoms with van der Waals surface area (Å²) >= 11 is 5.84. The van der Waals surface area contributed by atoms with Crippen LogP contribution in [-0.2, 0) is 0 Å². The number of amides is 1. The lowest BCUT2D eigenvalue weighted by atomic mass is 9.92. The number of aromatic nitrogens is 1. The van der Waals surface area contributed by atoms with Gasteiger partial charge in [0.2, 0.25) is 5.88 Å². The number of hydrogen-bond acceptors (Lipinski definition) is 4. The van der Waals surface area contributed by atoms with Crippen molar-refractivity contribution in [2.45, 2.75) is 37.8 Å². The summed E-state index contributed by atoms with van der Waals surface area (Å²) in [6, 6.07) is 11.4. The number of halogens is 1. The number of carbonyl (C=O) groups excluding carboxylic acids is 1. The van der Waals surface area contributed by atoms with Crippen molar-refractivity contribution in [2.24, 2.45) is 0 Å². The fraction of sp³-hybridized carbons (Fsp3) is 0.400. The molecule has 0 unspecified atom stereocenters. The normalized spacial score (nSPS) is 19.7. The Morgan fingerprint density at radius 1 is 1.12 bits per heavy atom. The van der Waals surface area contributed by atoms with Crippen LogP contribution in [0.5, 0.6) is 5.88 Å². The molecular formula is C20H24ClN3O2. The van der Waals surface area contributed by atoms with Crippen molar-refractivity contribution in [1.29, 1.82) is 0 Å². The molecule has 0 atom stereocenters. The van der Waals surface area contributed by atoms with Gasteiger partial charge >= 0.3 is 0 Å². The van der Waals surface area contributed by atoms with Crippen molar-refractivity contribution in [1.82, 2.24) is 10.3 Å². The molecule has 0 saturated heterocycles. The van der Waals surface area contributed by atoms with Crippen molar-refractivity contribution in [2.75, 3.05) is 19.0 Å². The zero-order chi connectivity index (χ0) is 18.5. The Hall–Kier alpha value is -2.27. The van der Waals surface area contributed by atoms with Crippen LogP contribution in [0.4, 0.5) is 5.69 Å². The van der Waals surface area contributed by atoms with E-state index >= 15 is 0 Å². The zero-order valence-electron chi connectivity index (χ0n) is 15.1. The van der Waals surface area contributed by atoms with Crippen LogP contribution >= 0.6 is 11.6 Å². The molecular weight excluding hydrogens is 350 g/mol. The minimum absolute atomic E-state index is 0.0148. The summed E-state index contributed by atoms with van der Waals surface area (Å²) in [5.74, 6) is 0.585. The smallest absolute Gasteiger partial charge is 0.251 e. The molecule has 0 radical (unpaired) electrons. The van der Waals surface area contributed by atoms with Crippen LogP contribution in [0.25, 0.3) is 0 Å². The molecule has 1 heterocycles. The molecule has 1 aliphatic rings. The van der Waals surface area contributed by atoms with Gasteiger partial charge in [-0.2, -0.15) is 0 Å². The third kappa shape index (κ3) is 4.88. The fourth-order valence-corrected chi connectivity index (χ4v) is 3.22. The number of hydrogen-bond donors (Lipinski definition) is 1. The van der Waals surface area contributed by atoms with Gasteiger partial charge < -0.3 is 15.0 Å². The molecule has 1 aromatic heterocycles. The highest BCUT2D eigenvalue weighted by molar-refractivity contribution is 6.30. The molecule has 138 valence electrons. The summed E-state index contributed by atoms with van der Waals surface area (Å²) in [4.78, 5) is 18.6. The third-order valence-corrected chi connectivity index (χ3v) is 4.87. The Kier molecular flexibility index (Phi) is 5.99. The fourth-order valence-electron chi connectivity index (χ4n) is 3.11. The molecule has 0 aliphatic heterocycles. The summed E-state index contributed by atoms with van der Waals surface area (Å²) in [6.45, 7) is 0. The molecule has 3 rings (SSSR count). The van der Waals surface area contributed by atoms with Crippen LogP contribution in [0, 0.1) is 0 Å². The lowest BCUT2D eigenvalue weighted by molar-refractivity contribution is 0.0890. The number of ether oxygens (including phenoxy) is 1. The highest BCUT2D eigenvalue weighted by atomic mass is 35.5. The molecule has 1 N–H and O–H groups in total. The topological polar surface area (TPSA) is 54.5 Å². The predicted octanol–water partition coefficient (Wildman–Crippen LogP) is 3.92. The van der Waals surface area contributed by atoms with E-state index in [0.29, 0.717) is 16.5 Å². The largest absolute Gasteiger partial charge is 0.474 e. The lowest BCUT2D eigenvalue weighted by Crippen LogP contribution is -2.39. The molecule has 2 aromatic rings. The van der Waals surface area contributed by atoms with Gasteiger partial charge in [-0.05, 0) is 56.0 Å². The van der Waals surface area contributed by atoms with E-state index in [1.807, 2.05) is 43.3 Å². The Labute approximate surface area is 159 Å². The summed E-state index contributed by atoms with van der Waals surface area (Å²) < 4.78 is 5.90. The van der Waals surface area contributed by atoms with Crippen LogP contribution in [0.1, 0.15) is 36.0 Å². The van der Waals surface area contributed by atoms with Crippen molar-refractivity contribution in [3.63, 3.8) is 0 Å². The molecule has 6 heteroatoms. The van der Waals surface area contributed by atoms with E-state index in [2.05, 4.69) is 10.3 Å². The monoisotopic (exact) mass is 373 g/mol. The van der Waals surface area contributed by atoms with Crippen LogP contribution in [0.2, 0.25) is 5.02 Å². The second kappa shape index (κ2) is 8.41. The third-order valence-electron chi connectivity index (χ3n) is 4.64. The number of anilines is 1. The van der Waals surface area contributed by atoms with Crippen LogP contribution in [0.3, 0.4) is 0 Å². The summed E-state index contributed by atoms with van der Waals surface area (Å²) in [5.41, 5.74) is 1.77. The molecule has 1 saturated carbocycles. The predicted molar refractivity (Wildman–Crippen MR) is 104 cm³/mol. The highest BCUT2D eigenvalue weighted by Gasteiger charge is 2.24. The van der Waals surface area contributed by atoms with E-state index in [-0.39, 0.29) is 18.1 Å². The van der Waals surface area contributed by atoms with E-state index in [1.54, 1.807) is 18.3 Å². The van der Waals surface area contributed by atoms with E-state index in [4.69, 9.17) is 16.3 Å². The van der Waals surface area contributed by atoms with Crippen LogP contribution < -0.4 is 15.0 Å². The van der Waals surface area contributed by atoms with Gasteiger partial charge in [0.1, 0.15) is 6.10 Å². The van der Waals surface area contributed by atoms with Crippen LogP contribution in [0.15, 0.2) is 42.6 Å².